The summed E-state index contributed by atoms with van der Waals surface area (Å²) in [4.78, 5) is 12.0. The molecule has 1 saturated carbocycles. The van der Waals surface area contributed by atoms with Gasteiger partial charge in [-0.15, -0.1) is 0 Å². The van der Waals surface area contributed by atoms with Crippen molar-refractivity contribution in [1.29, 1.82) is 0 Å². The quantitative estimate of drug-likeness (QED) is 0.850. The van der Waals surface area contributed by atoms with E-state index in [0.717, 1.165) is 0 Å². The number of sulfonamides is 1. The van der Waals surface area contributed by atoms with Crippen molar-refractivity contribution < 1.29 is 12.8 Å². The Morgan fingerprint density at radius 3 is 2.65 bits per heavy atom. The molecule has 1 aromatic heterocycles. The van der Waals surface area contributed by atoms with Crippen LogP contribution in [0.15, 0.2) is 29.1 Å². The first-order valence-corrected chi connectivity index (χ1v) is 9.04. The molecule has 1 aromatic carbocycles. The average molecular weight is 339 g/mol. The maximum Gasteiger partial charge on any atom is 0.274 e. The van der Waals surface area contributed by atoms with Gasteiger partial charge in [-0.3, -0.25) is 9.18 Å². The minimum absolute atomic E-state index is 0.00395. The molecule has 0 aliphatic heterocycles. The van der Waals surface area contributed by atoms with Crippen LogP contribution in [0.5, 0.6) is 0 Å². The summed E-state index contributed by atoms with van der Waals surface area (Å²) in [5, 5.41) is 5.28. The van der Waals surface area contributed by atoms with E-state index < -0.39 is 16.7 Å². The monoisotopic (exact) mass is 339 g/mol. The Morgan fingerprint density at radius 2 is 2.00 bits per heavy atom. The second-order valence-corrected chi connectivity index (χ2v) is 7.79. The number of aryl methyl sites for hydroxylation is 1. The minimum Gasteiger partial charge on any atom is -0.267 e. The smallest absolute Gasteiger partial charge is 0.267 e. The van der Waals surface area contributed by atoms with E-state index in [2.05, 4.69) is 9.82 Å². The molecule has 0 spiro atoms. The maximum atomic E-state index is 12.5. The molecule has 6 nitrogen and oxygen atoms in total. The molecule has 0 amide bonds. The van der Waals surface area contributed by atoms with Gasteiger partial charge in [0.2, 0.25) is 10.0 Å². The summed E-state index contributed by atoms with van der Waals surface area (Å²) in [6.07, 6.45) is 0.623. The van der Waals surface area contributed by atoms with Crippen molar-refractivity contribution >= 4 is 20.8 Å². The topological polar surface area (TPSA) is 81.1 Å². The average Bonchev–Trinajstić information content (AvgIpc) is 3.27. The van der Waals surface area contributed by atoms with Gasteiger partial charge in [-0.2, -0.15) is 5.10 Å². The molecule has 1 heterocycles. The summed E-state index contributed by atoms with van der Waals surface area (Å²) >= 11 is 0. The lowest BCUT2D eigenvalue weighted by atomic mass is 10.1. The minimum atomic E-state index is -3.50. The molecule has 1 aliphatic rings. The number of fused-ring (bicyclic) bond motifs is 1. The molecule has 2 atom stereocenters. The molecule has 23 heavy (non-hydrogen) atoms. The number of aromatic nitrogens is 2. The number of hydrogen-bond acceptors (Lipinski definition) is 4. The van der Waals surface area contributed by atoms with E-state index in [-0.39, 0.29) is 29.7 Å². The number of nitrogens with one attached hydrogen (secondary N) is 1. The highest BCUT2D eigenvalue weighted by atomic mass is 32.2. The molecule has 2 aromatic rings. The Balaban J connectivity index is 1.80. The normalized spacial score (nSPS) is 20.8. The van der Waals surface area contributed by atoms with Crippen molar-refractivity contribution in [1.82, 2.24) is 14.5 Å². The third-order valence-corrected chi connectivity index (χ3v) is 5.64. The largest absolute Gasteiger partial charge is 0.274 e. The van der Waals surface area contributed by atoms with Gasteiger partial charge in [-0.05, 0) is 24.3 Å². The zero-order chi connectivity index (χ0) is 16.6. The fraction of sp³-hybridized carbons (Fsp3) is 0.467. The van der Waals surface area contributed by atoms with E-state index in [1.165, 1.54) is 11.7 Å². The predicted molar refractivity (Wildman–Crippen MR) is 85.2 cm³/mol. The first-order chi connectivity index (χ1) is 10.9. The van der Waals surface area contributed by atoms with Crippen molar-refractivity contribution in [2.75, 3.05) is 12.4 Å². The summed E-state index contributed by atoms with van der Waals surface area (Å²) in [7, 11) is -1.96. The van der Waals surface area contributed by atoms with Gasteiger partial charge >= 0.3 is 0 Å². The van der Waals surface area contributed by atoms with Crippen LogP contribution in [0.3, 0.4) is 0 Å². The van der Waals surface area contributed by atoms with E-state index in [4.69, 9.17) is 0 Å². The van der Waals surface area contributed by atoms with Gasteiger partial charge < -0.3 is 0 Å². The molecule has 1 aliphatic carbocycles. The molecule has 3 rings (SSSR count). The number of alkyl halides is 1. The zero-order valence-electron chi connectivity index (χ0n) is 12.7. The Bertz CT molecular complexity index is 894. The van der Waals surface area contributed by atoms with Crippen molar-refractivity contribution in [3.05, 3.63) is 40.3 Å². The SMILES string of the molecule is Cn1nc(CNS(=O)(=O)C[C@@H]2C[C@H]2CF)c2ccccc2c1=O. The molecule has 0 bridgehead atoms. The lowest BCUT2D eigenvalue weighted by molar-refractivity contribution is 0.444. The summed E-state index contributed by atoms with van der Waals surface area (Å²) in [5.41, 5.74) is 0.264. The lowest BCUT2D eigenvalue weighted by Gasteiger charge is -2.10. The van der Waals surface area contributed by atoms with E-state index in [1.54, 1.807) is 24.3 Å². The highest BCUT2D eigenvalue weighted by molar-refractivity contribution is 7.89. The van der Waals surface area contributed by atoms with Crippen LogP contribution in [0.4, 0.5) is 4.39 Å². The van der Waals surface area contributed by atoms with Crippen LogP contribution in [-0.2, 0) is 23.6 Å². The van der Waals surface area contributed by atoms with Crippen molar-refractivity contribution in [3.8, 4) is 0 Å². The van der Waals surface area contributed by atoms with Crippen LogP contribution >= 0.6 is 0 Å². The number of rotatable bonds is 6. The standard InChI is InChI=1S/C15H18FN3O3S/c1-19-15(20)13-5-3-2-4-12(13)14(18-19)8-17-23(21,22)9-11-6-10(11)7-16/h2-5,10-11,17H,6-9H2,1H3/t10-,11-/m0/s1. The van der Waals surface area contributed by atoms with Gasteiger partial charge in [0.05, 0.1) is 30.1 Å². The van der Waals surface area contributed by atoms with Crippen LogP contribution < -0.4 is 10.3 Å². The lowest BCUT2D eigenvalue weighted by Crippen LogP contribution is -2.29. The van der Waals surface area contributed by atoms with Gasteiger partial charge in [0.25, 0.3) is 5.56 Å². The maximum absolute atomic E-state index is 12.5. The van der Waals surface area contributed by atoms with Crippen LogP contribution in [0.2, 0.25) is 0 Å². The van der Waals surface area contributed by atoms with Crippen LogP contribution in [0, 0.1) is 11.8 Å². The van der Waals surface area contributed by atoms with E-state index in [1.807, 2.05) is 0 Å². The number of hydrogen-bond donors (Lipinski definition) is 1. The molecule has 1 N–H and O–H groups in total. The summed E-state index contributed by atoms with van der Waals surface area (Å²) in [5.74, 6) is -0.281. The van der Waals surface area contributed by atoms with Gasteiger partial charge in [0.1, 0.15) is 0 Å². The Hall–Kier alpha value is -1.80. The third-order valence-electron chi connectivity index (χ3n) is 4.19. The van der Waals surface area contributed by atoms with Gasteiger partial charge in [0, 0.05) is 12.4 Å². The Kier molecular flexibility index (Phi) is 4.20. The summed E-state index contributed by atoms with van der Waals surface area (Å²) in [6, 6.07) is 6.96. The molecular weight excluding hydrogens is 321 g/mol. The molecule has 1 fully saturated rings. The second-order valence-electron chi connectivity index (χ2n) is 5.93. The van der Waals surface area contributed by atoms with Gasteiger partial charge in [0.15, 0.2) is 0 Å². The van der Waals surface area contributed by atoms with Crippen molar-refractivity contribution in [2.24, 2.45) is 18.9 Å². The number of benzene rings is 1. The van der Waals surface area contributed by atoms with E-state index in [0.29, 0.717) is 22.9 Å². The third kappa shape index (κ3) is 3.42. The fourth-order valence-electron chi connectivity index (χ4n) is 2.73. The highest BCUT2D eigenvalue weighted by Crippen LogP contribution is 2.39. The van der Waals surface area contributed by atoms with Crippen LogP contribution in [0.1, 0.15) is 12.1 Å². The van der Waals surface area contributed by atoms with E-state index >= 15 is 0 Å². The second kappa shape index (κ2) is 6.01. The van der Waals surface area contributed by atoms with Crippen LogP contribution in [-0.4, -0.2) is 30.6 Å². The highest BCUT2D eigenvalue weighted by Gasteiger charge is 2.40. The van der Waals surface area contributed by atoms with Gasteiger partial charge in [-0.25, -0.2) is 17.8 Å². The van der Waals surface area contributed by atoms with Gasteiger partial charge in [-0.1, -0.05) is 18.2 Å². The molecular formula is C15H18FN3O3S. The summed E-state index contributed by atoms with van der Waals surface area (Å²) < 4.78 is 40.3. The number of halogens is 1. The first kappa shape index (κ1) is 16.1. The van der Waals surface area contributed by atoms with Crippen LogP contribution in [0.25, 0.3) is 10.8 Å². The molecule has 0 unspecified atom stereocenters. The fourth-order valence-corrected chi connectivity index (χ4v) is 4.18. The first-order valence-electron chi connectivity index (χ1n) is 7.39. The molecule has 124 valence electrons. The molecule has 8 heteroatoms. The number of nitrogens with zero attached hydrogens (tertiary/aromatic N) is 2. The van der Waals surface area contributed by atoms with Crippen molar-refractivity contribution in [3.63, 3.8) is 0 Å². The molecule has 0 saturated heterocycles. The summed E-state index contributed by atoms with van der Waals surface area (Å²) in [6.45, 7) is -0.461. The predicted octanol–water partition coefficient (Wildman–Crippen LogP) is 0.958. The molecule has 0 radical (unpaired) electrons. The van der Waals surface area contributed by atoms with E-state index in [9.17, 15) is 17.6 Å². The Labute approximate surface area is 133 Å². The Morgan fingerprint density at radius 1 is 1.30 bits per heavy atom. The zero-order valence-corrected chi connectivity index (χ0v) is 13.5. The van der Waals surface area contributed by atoms with Crippen molar-refractivity contribution in [2.45, 2.75) is 13.0 Å².